The average Bonchev–Trinajstić information content (AvgIpc) is 2.41. The van der Waals surface area contributed by atoms with Crippen molar-refractivity contribution in [2.45, 2.75) is 13.3 Å². The first-order valence-corrected chi connectivity index (χ1v) is 6.09. The zero-order valence-electron chi connectivity index (χ0n) is 11.0. The number of anilines is 1. The van der Waals surface area contributed by atoms with Crippen LogP contribution in [-0.2, 0) is 11.2 Å². The normalized spacial score (nSPS) is 10.1. The Morgan fingerprint density at radius 3 is 2.55 bits per heavy atom. The van der Waals surface area contributed by atoms with E-state index < -0.39 is 5.97 Å². The molecule has 0 spiro atoms. The molecule has 1 heterocycles. The smallest absolute Gasteiger partial charge is 0.336 e. The number of carbonyl (C=O) groups excluding carboxylic acids is 1. The molecule has 20 heavy (non-hydrogen) atoms. The van der Waals surface area contributed by atoms with E-state index in [-0.39, 0.29) is 17.9 Å². The van der Waals surface area contributed by atoms with E-state index in [1.54, 1.807) is 43.6 Å². The molecule has 102 valence electrons. The highest BCUT2D eigenvalue weighted by atomic mass is 16.4. The Bertz CT molecular complexity index is 639. The lowest BCUT2D eigenvalue weighted by molar-refractivity contribution is -0.115. The molecule has 0 unspecified atom stereocenters. The summed E-state index contributed by atoms with van der Waals surface area (Å²) in [4.78, 5) is 26.8. The average molecular weight is 270 g/mol. The Balaban J connectivity index is 2.08. The molecular formula is C15H14N2O3. The number of nitrogens with one attached hydrogen (secondary N) is 1. The van der Waals surface area contributed by atoms with E-state index >= 15 is 0 Å². The maximum Gasteiger partial charge on any atom is 0.336 e. The molecule has 1 aromatic carbocycles. The van der Waals surface area contributed by atoms with Gasteiger partial charge < -0.3 is 10.4 Å². The van der Waals surface area contributed by atoms with E-state index in [0.29, 0.717) is 11.3 Å². The van der Waals surface area contributed by atoms with Crippen molar-refractivity contribution in [2.75, 3.05) is 5.32 Å². The second-order valence-electron chi connectivity index (χ2n) is 4.42. The second-order valence-corrected chi connectivity index (χ2v) is 4.42. The Kier molecular flexibility index (Phi) is 4.10. The van der Waals surface area contributed by atoms with Gasteiger partial charge in [-0.25, -0.2) is 4.79 Å². The maximum absolute atomic E-state index is 11.9. The highest BCUT2D eigenvalue weighted by molar-refractivity contribution is 5.95. The van der Waals surface area contributed by atoms with Crippen molar-refractivity contribution in [3.05, 3.63) is 59.4 Å². The number of carbonyl (C=O) groups is 2. The molecule has 0 saturated carbocycles. The van der Waals surface area contributed by atoms with Crippen LogP contribution >= 0.6 is 0 Å². The number of benzene rings is 1. The van der Waals surface area contributed by atoms with Gasteiger partial charge in [-0.1, -0.05) is 6.07 Å². The van der Waals surface area contributed by atoms with Gasteiger partial charge in [0, 0.05) is 18.1 Å². The van der Waals surface area contributed by atoms with Crippen LogP contribution in [0.3, 0.4) is 0 Å². The number of pyridine rings is 1. The number of carboxylic acid groups (broad SMARTS) is 1. The summed E-state index contributed by atoms with van der Waals surface area (Å²) in [6.45, 7) is 1.71. The molecule has 2 rings (SSSR count). The molecule has 2 aromatic rings. The van der Waals surface area contributed by atoms with E-state index in [1.165, 1.54) is 6.07 Å². The van der Waals surface area contributed by atoms with Crippen LogP contribution in [0.1, 0.15) is 21.5 Å². The molecule has 0 atom stereocenters. The Morgan fingerprint density at radius 2 is 1.90 bits per heavy atom. The molecule has 1 amide bonds. The van der Waals surface area contributed by atoms with Crippen LogP contribution in [0.25, 0.3) is 0 Å². The van der Waals surface area contributed by atoms with E-state index in [2.05, 4.69) is 10.3 Å². The number of amides is 1. The van der Waals surface area contributed by atoms with Crippen LogP contribution < -0.4 is 5.32 Å². The van der Waals surface area contributed by atoms with Gasteiger partial charge in [0.25, 0.3) is 0 Å². The molecule has 1 aromatic heterocycles. The quantitative estimate of drug-likeness (QED) is 0.893. The summed E-state index contributed by atoms with van der Waals surface area (Å²) < 4.78 is 0. The Morgan fingerprint density at radius 1 is 1.20 bits per heavy atom. The maximum atomic E-state index is 11.9. The van der Waals surface area contributed by atoms with Crippen molar-refractivity contribution in [2.24, 2.45) is 0 Å². The zero-order chi connectivity index (χ0) is 14.5. The molecule has 5 heteroatoms. The van der Waals surface area contributed by atoms with E-state index in [9.17, 15) is 9.59 Å². The Labute approximate surface area is 116 Å². The molecule has 0 bridgehead atoms. The molecule has 0 radical (unpaired) electrons. The number of rotatable bonds is 4. The van der Waals surface area contributed by atoms with Crippen LogP contribution in [0, 0.1) is 6.92 Å². The molecular weight excluding hydrogens is 256 g/mol. The summed E-state index contributed by atoms with van der Waals surface area (Å²) in [6, 6.07) is 8.34. The number of aromatic carboxylic acids is 1. The number of aryl methyl sites for hydroxylation is 1. The fourth-order valence-electron chi connectivity index (χ4n) is 1.82. The van der Waals surface area contributed by atoms with Crippen molar-refractivity contribution >= 4 is 17.6 Å². The molecule has 0 fully saturated rings. The largest absolute Gasteiger partial charge is 0.478 e. The molecule has 0 saturated heterocycles. The van der Waals surface area contributed by atoms with E-state index in [0.717, 1.165) is 5.56 Å². The molecule has 0 aliphatic heterocycles. The van der Waals surface area contributed by atoms with Gasteiger partial charge in [-0.05, 0) is 42.3 Å². The summed E-state index contributed by atoms with van der Waals surface area (Å²) in [7, 11) is 0. The van der Waals surface area contributed by atoms with Gasteiger partial charge in [0.1, 0.15) is 0 Å². The predicted octanol–water partition coefficient (Wildman–Crippen LogP) is 2.27. The SMILES string of the molecule is Cc1ccc(NC(=O)Cc2ccncc2)cc1C(=O)O. The van der Waals surface area contributed by atoms with Crippen molar-refractivity contribution in [1.29, 1.82) is 0 Å². The van der Waals surface area contributed by atoms with Crippen molar-refractivity contribution in [3.63, 3.8) is 0 Å². The first-order chi connectivity index (χ1) is 9.56. The van der Waals surface area contributed by atoms with Gasteiger partial charge in [-0.15, -0.1) is 0 Å². The highest BCUT2D eigenvalue weighted by Gasteiger charge is 2.09. The van der Waals surface area contributed by atoms with Gasteiger partial charge in [-0.3, -0.25) is 9.78 Å². The molecule has 5 nitrogen and oxygen atoms in total. The van der Waals surface area contributed by atoms with Gasteiger partial charge in [0.05, 0.1) is 12.0 Å². The van der Waals surface area contributed by atoms with Gasteiger partial charge in [0.2, 0.25) is 5.91 Å². The monoisotopic (exact) mass is 270 g/mol. The standard InChI is InChI=1S/C15H14N2O3/c1-10-2-3-12(9-13(10)15(19)20)17-14(18)8-11-4-6-16-7-5-11/h2-7,9H,8H2,1H3,(H,17,18)(H,19,20). The molecule has 2 N–H and O–H groups in total. The summed E-state index contributed by atoms with van der Waals surface area (Å²) in [6.07, 6.45) is 3.47. The van der Waals surface area contributed by atoms with Crippen LogP contribution in [0.5, 0.6) is 0 Å². The predicted molar refractivity (Wildman–Crippen MR) is 74.7 cm³/mol. The van der Waals surface area contributed by atoms with Gasteiger partial charge in [-0.2, -0.15) is 0 Å². The highest BCUT2D eigenvalue weighted by Crippen LogP contribution is 2.15. The summed E-state index contributed by atoms with van der Waals surface area (Å²) in [5.74, 6) is -1.20. The summed E-state index contributed by atoms with van der Waals surface area (Å²) in [5, 5.41) is 11.7. The lowest BCUT2D eigenvalue weighted by Crippen LogP contribution is -2.15. The van der Waals surface area contributed by atoms with Crippen LogP contribution in [-0.4, -0.2) is 22.0 Å². The van der Waals surface area contributed by atoms with Crippen molar-refractivity contribution < 1.29 is 14.7 Å². The fraction of sp³-hybridized carbons (Fsp3) is 0.133. The minimum Gasteiger partial charge on any atom is -0.478 e. The van der Waals surface area contributed by atoms with Crippen molar-refractivity contribution in [1.82, 2.24) is 4.98 Å². The number of aromatic nitrogens is 1. The van der Waals surface area contributed by atoms with E-state index in [1.807, 2.05) is 0 Å². The number of carboxylic acids is 1. The zero-order valence-corrected chi connectivity index (χ0v) is 11.0. The van der Waals surface area contributed by atoms with Gasteiger partial charge in [0.15, 0.2) is 0 Å². The molecule has 0 aliphatic rings. The summed E-state index contributed by atoms with van der Waals surface area (Å²) in [5.41, 5.74) is 2.17. The van der Waals surface area contributed by atoms with Crippen LogP contribution in [0.15, 0.2) is 42.7 Å². The molecule has 0 aliphatic carbocycles. The number of hydrogen-bond donors (Lipinski definition) is 2. The van der Waals surface area contributed by atoms with Crippen molar-refractivity contribution in [3.8, 4) is 0 Å². The Hall–Kier alpha value is -2.69. The third-order valence-corrected chi connectivity index (χ3v) is 2.87. The van der Waals surface area contributed by atoms with Crippen LogP contribution in [0.4, 0.5) is 5.69 Å². The lowest BCUT2D eigenvalue weighted by atomic mass is 10.1. The third kappa shape index (κ3) is 3.41. The first kappa shape index (κ1) is 13.7. The first-order valence-electron chi connectivity index (χ1n) is 6.09. The van der Waals surface area contributed by atoms with Gasteiger partial charge >= 0.3 is 5.97 Å². The van der Waals surface area contributed by atoms with E-state index in [4.69, 9.17) is 5.11 Å². The topological polar surface area (TPSA) is 79.3 Å². The minimum absolute atomic E-state index is 0.187. The third-order valence-electron chi connectivity index (χ3n) is 2.87. The number of hydrogen-bond acceptors (Lipinski definition) is 3. The lowest BCUT2D eigenvalue weighted by Gasteiger charge is -2.08. The number of nitrogens with zero attached hydrogens (tertiary/aromatic N) is 1. The minimum atomic E-state index is -1.01. The second kappa shape index (κ2) is 5.97. The fourth-order valence-corrected chi connectivity index (χ4v) is 1.82. The summed E-state index contributed by atoms with van der Waals surface area (Å²) >= 11 is 0. The van der Waals surface area contributed by atoms with Crippen LogP contribution in [0.2, 0.25) is 0 Å².